The minimum Gasteiger partial charge on any atom is -0.494 e. The standard InChI is InChI=1S/C24H33NO5S/c1-3-28-23-11-7-20(8-12-23)18-25(19-21-9-13-24(14-10-21)29-4-2)31(26,27)17-15-22-6-5-16-30-22/h7-14,22H,3-6,15-19H2,1-2H3/t22-/m1/s1. The maximum atomic E-state index is 13.3. The lowest BCUT2D eigenvalue weighted by atomic mass is 10.2. The van der Waals surface area contributed by atoms with Crippen molar-refractivity contribution in [3.8, 4) is 11.5 Å². The Balaban J connectivity index is 1.74. The predicted molar refractivity (Wildman–Crippen MR) is 122 cm³/mol. The van der Waals surface area contributed by atoms with Gasteiger partial charge in [-0.2, -0.15) is 4.31 Å². The van der Waals surface area contributed by atoms with E-state index in [-0.39, 0.29) is 11.9 Å². The van der Waals surface area contributed by atoms with E-state index in [1.165, 1.54) is 0 Å². The molecule has 2 aromatic rings. The van der Waals surface area contributed by atoms with E-state index in [0.717, 1.165) is 42.1 Å². The largest absolute Gasteiger partial charge is 0.494 e. The first-order valence-electron chi connectivity index (χ1n) is 11.0. The van der Waals surface area contributed by atoms with Crippen LogP contribution in [-0.2, 0) is 27.8 Å². The molecule has 1 fully saturated rings. The molecule has 0 spiro atoms. The van der Waals surface area contributed by atoms with Gasteiger partial charge < -0.3 is 14.2 Å². The van der Waals surface area contributed by atoms with Gasteiger partial charge in [-0.15, -0.1) is 0 Å². The number of sulfonamides is 1. The zero-order valence-electron chi connectivity index (χ0n) is 18.5. The molecule has 1 atom stereocenters. The molecule has 1 heterocycles. The van der Waals surface area contributed by atoms with Crippen LogP contribution in [0.5, 0.6) is 11.5 Å². The zero-order chi connectivity index (χ0) is 22.1. The average molecular weight is 448 g/mol. The maximum Gasteiger partial charge on any atom is 0.214 e. The number of rotatable bonds is 12. The van der Waals surface area contributed by atoms with Gasteiger partial charge in [0.15, 0.2) is 0 Å². The third-order valence-corrected chi connectivity index (χ3v) is 7.10. The molecule has 0 aromatic heterocycles. The van der Waals surface area contributed by atoms with Crippen molar-refractivity contribution in [1.29, 1.82) is 0 Å². The highest BCUT2D eigenvalue weighted by molar-refractivity contribution is 7.89. The van der Waals surface area contributed by atoms with Gasteiger partial charge in [0.1, 0.15) is 11.5 Å². The third kappa shape index (κ3) is 7.23. The van der Waals surface area contributed by atoms with E-state index in [1.54, 1.807) is 4.31 Å². The first kappa shape index (κ1) is 23.6. The van der Waals surface area contributed by atoms with Crippen molar-refractivity contribution < 1.29 is 22.6 Å². The van der Waals surface area contributed by atoms with Gasteiger partial charge in [-0.3, -0.25) is 0 Å². The van der Waals surface area contributed by atoms with Crippen molar-refractivity contribution in [2.24, 2.45) is 0 Å². The Morgan fingerprint density at radius 2 is 1.42 bits per heavy atom. The van der Waals surface area contributed by atoms with E-state index < -0.39 is 10.0 Å². The molecular formula is C24H33NO5S. The third-order valence-electron chi connectivity index (χ3n) is 5.30. The summed E-state index contributed by atoms with van der Waals surface area (Å²) < 4.78 is 44.7. The number of ether oxygens (including phenoxy) is 3. The number of hydrogen-bond donors (Lipinski definition) is 0. The monoisotopic (exact) mass is 447 g/mol. The second kappa shape index (κ2) is 11.5. The minimum atomic E-state index is -3.46. The lowest BCUT2D eigenvalue weighted by molar-refractivity contribution is 0.108. The number of hydrogen-bond acceptors (Lipinski definition) is 5. The molecule has 0 saturated carbocycles. The van der Waals surface area contributed by atoms with Crippen molar-refractivity contribution in [2.45, 2.75) is 52.3 Å². The molecule has 0 bridgehead atoms. The first-order valence-corrected chi connectivity index (χ1v) is 12.6. The lowest BCUT2D eigenvalue weighted by Gasteiger charge is -2.23. The highest BCUT2D eigenvalue weighted by Gasteiger charge is 2.26. The molecule has 0 radical (unpaired) electrons. The Bertz CT molecular complexity index is 839. The lowest BCUT2D eigenvalue weighted by Crippen LogP contribution is -2.33. The van der Waals surface area contributed by atoms with Gasteiger partial charge in [-0.25, -0.2) is 8.42 Å². The summed E-state index contributed by atoms with van der Waals surface area (Å²) in [6, 6.07) is 15.2. The average Bonchev–Trinajstić information content (AvgIpc) is 3.29. The second-order valence-electron chi connectivity index (χ2n) is 7.66. The second-order valence-corrected chi connectivity index (χ2v) is 9.75. The predicted octanol–water partition coefficient (Wildman–Crippen LogP) is 4.39. The topological polar surface area (TPSA) is 65.1 Å². The SMILES string of the molecule is CCOc1ccc(CN(Cc2ccc(OCC)cc2)S(=O)(=O)CC[C@H]2CCCO2)cc1. The quantitative estimate of drug-likeness (QED) is 0.483. The summed E-state index contributed by atoms with van der Waals surface area (Å²) in [4.78, 5) is 0. The van der Waals surface area contributed by atoms with Gasteiger partial charge in [0.2, 0.25) is 10.0 Å². The molecular weight excluding hydrogens is 414 g/mol. The molecule has 1 aliphatic rings. The van der Waals surface area contributed by atoms with Gasteiger partial charge in [-0.1, -0.05) is 24.3 Å². The molecule has 1 saturated heterocycles. The summed E-state index contributed by atoms with van der Waals surface area (Å²) in [6.45, 7) is 6.43. The van der Waals surface area contributed by atoms with Crippen LogP contribution in [0.4, 0.5) is 0 Å². The molecule has 1 aliphatic heterocycles. The van der Waals surface area contributed by atoms with Crippen LogP contribution in [0.2, 0.25) is 0 Å². The van der Waals surface area contributed by atoms with Crippen LogP contribution in [0.1, 0.15) is 44.2 Å². The Morgan fingerprint density at radius 3 is 1.84 bits per heavy atom. The van der Waals surface area contributed by atoms with Gasteiger partial charge in [0, 0.05) is 19.7 Å². The summed E-state index contributed by atoms with van der Waals surface area (Å²) in [5, 5.41) is 0. The molecule has 6 nitrogen and oxygen atoms in total. The van der Waals surface area contributed by atoms with Crippen molar-refractivity contribution in [3.63, 3.8) is 0 Å². The van der Waals surface area contributed by atoms with E-state index in [9.17, 15) is 8.42 Å². The fraction of sp³-hybridized carbons (Fsp3) is 0.500. The van der Waals surface area contributed by atoms with Crippen molar-refractivity contribution in [3.05, 3.63) is 59.7 Å². The summed E-state index contributed by atoms with van der Waals surface area (Å²) >= 11 is 0. The Morgan fingerprint density at radius 1 is 0.903 bits per heavy atom. The van der Waals surface area contributed by atoms with E-state index in [0.29, 0.717) is 32.7 Å². The molecule has 0 N–H and O–H groups in total. The number of nitrogens with zero attached hydrogens (tertiary/aromatic N) is 1. The fourth-order valence-corrected chi connectivity index (χ4v) is 5.17. The van der Waals surface area contributed by atoms with Crippen LogP contribution < -0.4 is 9.47 Å². The molecule has 7 heteroatoms. The highest BCUT2D eigenvalue weighted by atomic mass is 32.2. The smallest absolute Gasteiger partial charge is 0.214 e. The minimum absolute atomic E-state index is 0.0487. The molecule has 31 heavy (non-hydrogen) atoms. The van der Waals surface area contributed by atoms with Crippen LogP contribution in [0.3, 0.4) is 0 Å². The summed E-state index contributed by atoms with van der Waals surface area (Å²) in [5.41, 5.74) is 1.85. The van der Waals surface area contributed by atoms with Gasteiger partial charge in [0.05, 0.1) is 25.1 Å². The molecule has 0 aliphatic carbocycles. The molecule has 0 unspecified atom stereocenters. The van der Waals surface area contributed by atoms with E-state index >= 15 is 0 Å². The van der Waals surface area contributed by atoms with E-state index in [4.69, 9.17) is 14.2 Å². The molecule has 0 amide bonds. The molecule has 3 rings (SSSR count). The Hall–Kier alpha value is -2.09. The summed E-state index contributed by atoms with van der Waals surface area (Å²) in [5.74, 6) is 1.65. The van der Waals surface area contributed by atoms with Crippen molar-refractivity contribution in [2.75, 3.05) is 25.6 Å². The normalized spacial score (nSPS) is 16.5. The van der Waals surface area contributed by atoms with Crippen LogP contribution in [-0.4, -0.2) is 44.4 Å². The van der Waals surface area contributed by atoms with Crippen LogP contribution in [0.15, 0.2) is 48.5 Å². The van der Waals surface area contributed by atoms with Crippen LogP contribution in [0.25, 0.3) is 0 Å². The van der Waals surface area contributed by atoms with Crippen molar-refractivity contribution in [1.82, 2.24) is 4.31 Å². The molecule has 170 valence electrons. The summed E-state index contributed by atoms with van der Waals surface area (Å²) in [7, 11) is -3.46. The van der Waals surface area contributed by atoms with Gasteiger partial charge in [0.25, 0.3) is 0 Å². The van der Waals surface area contributed by atoms with Crippen molar-refractivity contribution >= 4 is 10.0 Å². The highest BCUT2D eigenvalue weighted by Crippen LogP contribution is 2.22. The van der Waals surface area contributed by atoms with Crippen LogP contribution >= 0.6 is 0 Å². The number of benzene rings is 2. The van der Waals surface area contributed by atoms with Gasteiger partial charge >= 0.3 is 0 Å². The van der Waals surface area contributed by atoms with E-state index in [1.807, 2.05) is 62.4 Å². The van der Waals surface area contributed by atoms with Gasteiger partial charge in [-0.05, 0) is 68.5 Å². The Labute approximate surface area is 186 Å². The maximum absolute atomic E-state index is 13.3. The summed E-state index contributed by atoms with van der Waals surface area (Å²) in [6.07, 6.45) is 2.53. The van der Waals surface area contributed by atoms with Crippen LogP contribution in [0, 0.1) is 0 Å². The zero-order valence-corrected chi connectivity index (χ0v) is 19.3. The first-order chi connectivity index (χ1) is 15.0. The van der Waals surface area contributed by atoms with E-state index in [2.05, 4.69) is 0 Å². The molecule has 2 aromatic carbocycles. The Kier molecular flexibility index (Phi) is 8.75. The fourth-order valence-electron chi connectivity index (χ4n) is 3.66.